The summed E-state index contributed by atoms with van der Waals surface area (Å²) in [6, 6.07) is -0.170. The van der Waals surface area contributed by atoms with Crippen molar-refractivity contribution >= 4 is 5.91 Å². The normalized spacial score (nSPS) is 26.8. The summed E-state index contributed by atoms with van der Waals surface area (Å²) in [7, 11) is 0. The average Bonchev–Trinajstić information content (AvgIpc) is 2.15. The van der Waals surface area contributed by atoms with Gasteiger partial charge in [0.1, 0.15) is 0 Å². The molecule has 0 aromatic carbocycles. The van der Waals surface area contributed by atoms with Gasteiger partial charge in [-0.1, -0.05) is 0 Å². The van der Waals surface area contributed by atoms with E-state index in [0.717, 1.165) is 13.1 Å². The van der Waals surface area contributed by atoms with Gasteiger partial charge in [-0.15, -0.1) is 0 Å². The molecule has 1 fully saturated rings. The minimum absolute atomic E-state index is 0.144. The molecule has 1 saturated heterocycles. The molecule has 3 N–H and O–H groups in total. The van der Waals surface area contributed by atoms with Crippen LogP contribution in [0.15, 0.2) is 0 Å². The molecule has 0 radical (unpaired) electrons. The van der Waals surface area contributed by atoms with Crippen LogP contribution in [0.4, 0.5) is 0 Å². The molecule has 5 heteroatoms. The van der Waals surface area contributed by atoms with Gasteiger partial charge in [0.25, 0.3) is 5.91 Å². The lowest BCUT2D eigenvalue weighted by atomic mass is 10.2. The number of morpholine rings is 1. The summed E-state index contributed by atoms with van der Waals surface area (Å²) in [6.45, 7) is 6.11. The lowest BCUT2D eigenvalue weighted by molar-refractivity contribution is -0.128. The zero-order chi connectivity index (χ0) is 9.84. The largest absolute Gasteiger partial charge is 0.376 e. The molecule has 5 nitrogen and oxygen atoms in total. The van der Waals surface area contributed by atoms with Crippen molar-refractivity contribution in [2.24, 2.45) is 5.84 Å². The Kier molecular flexibility index (Phi) is 3.65. The minimum atomic E-state index is -0.170. The van der Waals surface area contributed by atoms with Crippen LogP contribution in [-0.2, 0) is 9.53 Å². The molecular formula is C8H17N3O2. The molecule has 1 aliphatic heterocycles. The molecule has 1 amide bonds. The number of carbonyl (C=O) groups excluding carboxylic acids is 1. The summed E-state index contributed by atoms with van der Waals surface area (Å²) in [5.74, 6) is 4.91. The van der Waals surface area contributed by atoms with Crippen molar-refractivity contribution in [2.45, 2.75) is 26.0 Å². The van der Waals surface area contributed by atoms with Crippen molar-refractivity contribution in [3.63, 3.8) is 0 Å². The summed E-state index contributed by atoms with van der Waals surface area (Å²) in [4.78, 5) is 13.3. The highest BCUT2D eigenvalue weighted by molar-refractivity contribution is 5.80. The van der Waals surface area contributed by atoms with E-state index in [-0.39, 0.29) is 18.1 Å². The molecule has 0 aromatic rings. The second-order valence-corrected chi connectivity index (χ2v) is 3.36. The number of nitrogens with two attached hydrogens (primary N) is 1. The van der Waals surface area contributed by atoms with E-state index in [1.54, 1.807) is 0 Å². The van der Waals surface area contributed by atoms with Crippen molar-refractivity contribution in [3.8, 4) is 0 Å². The highest BCUT2D eigenvalue weighted by Gasteiger charge is 2.25. The number of carbonyl (C=O) groups is 1. The van der Waals surface area contributed by atoms with Gasteiger partial charge in [0.2, 0.25) is 0 Å². The zero-order valence-corrected chi connectivity index (χ0v) is 8.12. The van der Waals surface area contributed by atoms with E-state index >= 15 is 0 Å². The lowest BCUT2D eigenvalue weighted by Gasteiger charge is -2.34. The van der Waals surface area contributed by atoms with Gasteiger partial charge < -0.3 is 4.74 Å². The molecule has 1 rings (SSSR count). The van der Waals surface area contributed by atoms with E-state index in [4.69, 9.17) is 10.6 Å². The molecule has 76 valence electrons. The van der Waals surface area contributed by atoms with Crippen molar-refractivity contribution < 1.29 is 9.53 Å². The third kappa shape index (κ3) is 2.65. The van der Waals surface area contributed by atoms with E-state index in [9.17, 15) is 4.79 Å². The summed E-state index contributed by atoms with van der Waals surface area (Å²) in [6.07, 6.45) is 0.196. The summed E-state index contributed by atoms with van der Waals surface area (Å²) >= 11 is 0. The second kappa shape index (κ2) is 4.55. The van der Waals surface area contributed by atoms with Crippen LogP contribution >= 0.6 is 0 Å². The molecule has 1 heterocycles. The summed E-state index contributed by atoms with van der Waals surface area (Å²) < 4.78 is 5.37. The van der Waals surface area contributed by atoms with Gasteiger partial charge in [0.15, 0.2) is 0 Å². The molecule has 2 unspecified atom stereocenters. The topological polar surface area (TPSA) is 67.6 Å². The van der Waals surface area contributed by atoms with Crippen LogP contribution in [0.3, 0.4) is 0 Å². The SMILES string of the molecule is CC1CN(C(C)C(=O)NN)CCO1. The van der Waals surface area contributed by atoms with Crippen LogP contribution < -0.4 is 11.3 Å². The molecule has 1 aliphatic rings. The Hall–Kier alpha value is -0.650. The number of amides is 1. The van der Waals surface area contributed by atoms with E-state index in [1.165, 1.54) is 0 Å². The number of hydrazine groups is 1. The van der Waals surface area contributed by atoms with E-state index in [1.807, 2.05) is 13.8 Å². The number of ether oxygens (including phenoxy) is 1. The van der Waals surface area contributed by atoms with E-state index < -0.39 is 0 Å². The van der Waals surface area contributed by atoms with Gasteiger partial charge in [0.05, 0.1) is 18.8 Å². The molecule has 0 aromatic heterocycles. The molecule has 2 atom stereocenters. The highest BCUT2D eigenvalue weighted by atomic mass is 16.5. The highest BCUT2D eigenvalue weighted by Crippen LogP contribution is 2.08. The fourth-order valence-electron chi connectivity index (χ4n) is 1.48. The molecule has 0 bridgehead atoms. The Bertz CT molecular complexity index is 186. The first-order valence-electron chi connectivity index (χ1n) is 4.51. The monoisotopic (exact) mass is 187 g/mol. The summed E-state index contributed by atoms with van der Waals surface area (Å²) in [5, 5.41) is 0. The van der Waals surface area contributed by atoms with Crippen LogP contribution in [0.1, 0.15) is 13.8 Å². The predicted molar refractivity (Wildman–Crippen MR) is 48.8 cm³/mol. The van der Waals surface area contributed by atoms with Crippen molar-refractivity contribution in [1.82, 2.24) is 10.3 Å². The molecule has 0 saturated carbocycles. The number of hydrogen-bond donors (Lipinski definition) is 2. The van der Waals surface area contributed by atoms with Crippen molar-refractivity contribution in [1.29, 1.82) is 0 Å². The fraction of sp³-hybridized carbons (Fsp3) is 0.875. The van der Waals surface area contributed by atoms with Crippen LogP contribution in [0.5, 0.6) is 0 Å². The third-order valence-corrected chi connectivity index (χ3v) is 2.34. The van der Waals surface area contributed by atoms with Crippen LogP contribution in [0.2, 0.25) is 0 Å². The van der Waals surface area contributed by atoms with Crippen molar-refractivity contribution in [3.05, 3.63) is 0 Å². The quantitative estimate of drug-likeness (QED) is 0.333. The van der Waals surface area contributed by atoms with Crippen molar-refractivity contribution in [2.75, 3.05) is 19.7 Å². The van der Waals surface area contributed by atoms with Gasteiger partial charge in [-0.25, -0.2) is 5.84 Å². The Morgan fingerprint density at radius 1 is 1.77 bits per heavy atom. The maximum absolute atomic E-state index is 11.2. The maximum atomic E-state index is 11.2. The van der Waals surface area contributed by atoms with Gasteiger partial charge in [-0.05, 0) is 13.8 Å². The lowest BCUT2D eigenvalue weighted by Crippen LogP contribution is -2.52. The Morgan fingerprint density at radius 3 is 3.00 bits per heavy atom. The van der Waals surface area contributed by atoms with Crippen LogP contribution in [0.25, 0.3) is 0 Å². The smallest absolute Gasteiger partial charge is 0.250 e. The molecule has 13 heavy (non-hydrogen) atoms. The Morgan fingerprint density at radius 2 is 2.46 bits per heavy atom. The van der Waals surface area contributed by atoms with Gasteiger partial charge in [0, 0.05) is 13.1 Å². The molecule has 0 spiro atoms. The third-order valence-electron chi connectivity index (χ3n) is 2.34. The zero-order valence-electron chi connectivity index (χ0n) is 8.12. The fourth-order valence-corrected chi connectivity index (χ4v) is 1.48. The first-order valence-corrected chi connectivity index (χ1v) is 4.51. The molecule has 0 aliphatic carbocycles. The number of rotatable bonds is 2. The first kappa shape index (κ1) is 10.4. The second-order valence-electron chi connectivity index (χ2n) is 3.36. The van der Waals surface area contributed by atoms with Crippen LogP contribution in [0, 0.1) is 0 Å². The Labute approximate surface area is 78.2 Å². The van der Waals surface area contributed by atoms with Gasteiger partial charge in [-0.2, -0.15) is 0 Å². The predicted octanol–water partition coefficient (Wildman–Crippen LogP) is -0.914. The maximum Gasteiger partial charge on any atom is 0.250 e. The van der Waals surface area contributed by atoms with Gasteiger partial charge >= 0.3 is 0 Å². The number of nitrogens with one attached hydrogen (secondary N) is 1. The standard InChI is InChI=1S/C8H17N3O2/c1-6-5-11(3-4-13-6)7(2)8(12)10-9/h6-7H,3-5,9H2,1-2H3,(H,10,12). The van der Waals surface area contributed by atoms with Gasteiger partial charge in [-0.3, -0.25) is 15.1 Å². The molecular weight excluding hydrogens is 170 g/mol. The first-order chi connectivity index (χ1) is 6.15. The average molecular weight is 187 g/mol. The minimum Gasteiger partial charge on any atom is -0.376 e. The van der Waals surface area contributed by atoms with E-state index in [2.05, 4.69) is 10.3 Å². The number of nitrogens with zero attached hydrogens (tertiary/aromatic N) is 1. The number of hydrogen-bond acceptors (Lipinski definition) is 4. The van der Waals surface area contributed by atoms with Crippen LogP contribution in [-0.4, -0.2) is 42.6 Å². The summed E-state index contributed by atoms with van der Waals surface area (Å²) in [5.41, 5.74) is 2.16. The Balaban J connectivity index is 2.45. The van der Waals surface area contributed by atoms with E-state index in [0.29, 0.717) is 6.61 Å².